The molecule has 0 aromatic carbocycles. The number of aromatic nitrogens is 1. The average molecular weight is 389 g/mol. The van der Waals surface area contributed by atoms with Gasteiger partial charge in [0.15, 0.2) is 0 Å². The summed E-state index contributed by atoms with van der Waals surface area (Å²) in [5.74, 6) is 0.691. The topological polar surface area (TPSA) is 76.7 Å². The zero-order chi connectivity index (χ0) is 20.1. The summed E-state index contributed by atoms with van der Waals surface area (Å²) < 4.78 is 0. The molecule has 1 aromatic heterocycles. The fraction of sp³-hybridized carbons (Fsp3) is 0.667. The number of rotatable bonds is 5. The number of hydrogen-bond acceptors (Lipinski definition) is 4. The lowest BCUT2D eigenvalue weighted by molar-refractivity contribution is -0.133. The van der Waals surface area contributed by atoms with Crippen LogP contribution in [0.2, 0.25) is 0 Å². The van der Waals surface area contributed by atoms with Gasteiger partial charge in [-0.05, 0) is 44.7 Å². The quantitative estimate of drug-likeness (QED) is 0.829. The Morgan fingerprint density at radius 3 is 2.32 bits per heavy atom. The van der Waals surface area contributed by atoms with Gasteiger partial charge in [-0.2, -0.15) is 0 Å². The van der Waals surface area contributed by atoms with Crippen molar-refractivity contribution in [2.45, 2.75) is 39.5 Å². The molecule has 154 valence electrons. The number of nitrogens with zero attached hydrogens (tertiary/aromatic N) is 3. The predicted molar refractivity (Wildman–Crippen MR) is 108 cm³/mol. The predicted octanol–water partition coefficient (Wildman–Crippen LogP) is 1.48. The van der Waals surface area contributed by atoms with E-state index in [1.165, 1.54) is 6.07 Å². The van der Waals surface area contributed by atoms with Gasteiger partial charge >= 0.3 is 0 Å². The van der Waals surface area contributed by atoms with Crippen LogP contribution in [-0.4, -0.2) is 77.3 Å². The average Bonchev–Trinajstić information content (AvgIpc) is 2.71. The van der Waals surface area contributed by atoms with E-state index >= 15 is 0 Å². The number of nitrogens with one attached hydrogen (secondary N) is 1. The molecule has 1 N–H and O–H groups in total. The molecule has 3 heterocycles. The zero-order valence-corrected chi connectivity index (χ0v) is 17.1. The number of likely N-dealkylation sites (N-methyl/N-ethyl adjacent to an activating group) is 1. The minimum absolute atomic E-state index is 0.0717. The van der Waals surface area contributed by atoms with Gasteiger partial charge < -0.3 is 19.7 Å². The van der Waals surface area contributed by atoms with Crippen LogP contribution < -0.4 is 5.56 Å². The van der Waals surface area contributed by atoms with Gasteiger partial charge in [0.1, 0.15) is 0 Å². The summed E-state index contributed by atoms with van der Waals surface area (Å²) in [6, 6.07) is 3.10. The highest BCUT2D eigenvalue weighted by molar-refractivity contribution is 5.94. The number of amides is 2. The number of piperidine rings is 1. The molecule has 0 unspecified atom stereocenters. The van der Waals surface area contributed by atoms with E-state index in [1.807, 2.05) is 9.80 Å². The first kappa shape index (κ1) is 20.6. The van der Waals surface area contributed by atoms with Crippen molar-refractivity contribution in [2.75, 3.05) is 45.8 Å². The molecule has 0 bridgehead atoms. The SMILES string of the molecule is CCN1CCN(C(=O)CCC2CCN(C(=O)c3cc(C)[nH]c(=O)c3)CC2)CC1. The van der Waals surface area contributed by atoms with Crippen molar-refractivity contribution >= 4 is 11.8 Å². The normalized spacial score (nSPS) is 19.1. The Morgan fingerprint density at radius 2 is 1.71 bits per heavy atom. The molecule has 0 atom stereocenters. The third kappa shape index (κ3) is 5.22. The minimum atomic E-state index is -0.239. The van der Waals surface area contributed by atoms with Crippen molar-refractivity contribution in [3.05, 3.63) is 33.7 Å². The van der Waals surface area contributed by atoms with Crippen LogP contribution in [-0.2, 0) is 4.79 Å². The summed E-state index contributed by atoms with van der Waals surface area (Å²) in [5, 5.41) is 0. The van der Waals surface area contributed by atoms with Crippen molar-refractivity contribution in [3.8, 4) is 0 Å². The Balaban J connectivity index is 1.42. The molecular formula is C21H32N4O3. The monoisotopic (exact) mass is 388 g/mol. The van der Waals surface area contributed by atoms with Gasteiger partial charge in [0.2, 0.25) is 11.5 Å². The van der Waals surface area contributed by atoms with Gasteiger partial charge in [-0.1, -0.05) is 6.92 Å². The van der Waals surface area contributed by atoms with Crippen LogP contribution in [0.25, 0.3) is 0 Å². The number of hydrogen-bond donors (Lipinski definition) is 1. The van der Waals surface area contributed by atoms with Gasteiger partial charge in [0.05, 0.1) is 0 Å². The lowest BCUT2D eigenvalue weighted by atomic mass is 9.91. The van der Waals surface area contributed by atoms with Crippen LogP contribution in [0.4, 0.5) is 0 Å². The van der Waals surface area contributed by atoms with Gasteiger partial charge in [-0.25, -0.2) is 0 Å². The molecule has 2 aliphatic rings. The highest BCUT2D eigenvalue weighted by Gasteiger charge is 2.26. The Bertz CT molecular complexity index is 744. The molecule has 2 saturated heterocycles. The third-order valence-corrected chi connectivity index (χ3v) is 6.07. The number of carbonyl (C=O) groups excluding carboxylic acids is 2. The zero-order valence-electron chi connectivity index (χ0n) is 17.1. The van der Waals surface area contributed by atoms with Crippen LogP contribution in [0.5, 0.6) is 0 Å². The van der Waals surface area contributed by atoms with Crippen molar-refractivity contribution in [3.63, 3.8) is 0 Å². The molecule has 2 fully saturated rings. The van der Waals surface area contributed by atoms with Crippen molar-refractivity contribution < 1.29 is 9.59 Å². The molecule has 0 aliphatic carbocycles. The molecule has 3 rings (SSSR count). The summed E-state index contributed by atoms with van der Waals surface area (Å²) in [6.07, 6.45) is 3.35. The molecule has 7 heteroatoms. The second-order valence-corrected chi connectivity index (χ2v) is 8.01. The number of piperazine rings is 1. The number of pyridine rings is 1. The first-order valence-corrected chi connectivity index (χ1v) is 10.5. The van der Waals surface area contributed by atoms with E-state index in [0.29, 0.717) is 36.7 Å². The van der Waals surface area contributed by atoms with E-state index in [2.05, 4.69) is 16.8 Å². The first-order valence-electron chi connectivity index (χ1n) is 10.5. The van der Waals surface area contributed by atoms with Crippen LogP contribution in [0.15, 0.2) is 16.9 Å². The van der Waals surface area contributed by atoms with E-state index in [4.69, 9.17) is 0 Å². The Hall–Kier alpha value is -2.15. The van der Waals surface area contributed by atoms with E-state index < -0.39 is 0 Å². The third-order valence-electron chi connectivity index (χ3n) is 6.07. The van der Waals surface area contributed by atoms with Crippen LogP contribution in [0.1, 0.15) is 48.7 Å². The molecule has 0 radical (unpaired) electrons. The molecule has 7 nitrogen and oxygen atoms in total. The molecule has 1 aromatic rings. The van der Waals surface area contributed by atoms with E-state index in [9.17, 15) is 14.4 Å². The summed E-state index contributed by atoms with van der Waals surface area (Å²) in [5.41, 5.74) is 0.918. The van der Waals surface area contributed by atoms with Gasteiger partial charge in [-0.15, -0.1) is 0 Å². The largest absolute Gasteiger partial charge is 0.340 e. The summed E-state index contributed by atoms with van der Waals surface area (Å²) in [6.45, 7) is 10.0. The van der Waals surface area contributed by atoms with Crippen LogP contribution >= 0.6 is 0 Å². The lowest BCUT2D eigenvalue weighted by Gasteiger charge is -2.35. The van der Waals surface area contributed by atoms with E-state index in [-0.39, 0.29) is 17.4 Å². The second-order valence-electron chi connectivity index (χ2n) is 8.01. The molecule has 0 saturated carbocycles. The van der Waals surface area contributed by atoms with Crippen molar-refractivity contribution in [1.82, 2.24) is 19.7 Å². The van der Waals surface area contributed by atoms with E-state index in [0.717, 1.165) is 52.0 Å². The highest BCUT2D eigenvalue weighted by atomic mass is 16.2. The molecule has 0 spiro atoms. The van der Waals surface area contributed by atoms with Crippen LogP contribution in [0.3, 0.4) is 0 Å². The smallest absolute Gasteiger partial charge is 0.254 e. The Kier molecular flexibility index (Phi) is 6.88. The molecule has 28 heavy (non-hydrogen) atoms. The molecule has 2 aliphatic heterocycles. The van der Waals surface area contributed by atoms with Gasteiger partial charge in [-0.3, -0.25) is 14.4 Å². The molecular weight excluding hydrogens is 356 g/mol. The summed E-state index contributed by atoms with van der Waals surface area (Å²) in [4.78, 5) is 45.6. The fourth-order valence-electron chi connectivity index (χ4n) is 4.21. The van der Waals surface area contributed by atoms with Crippen molar-refractivity contribution in [2.24, 2.45) is 5.92 Å². The lowest BCUT2D eigenvalue weighted by Crippen LogP contribution is -2.48. The number of aromatic amines is 1. The number of aryl methyl sites for hydroxylation is 1. The highest BCUT2D eigenvalue weighted by Crippen LogP contribution is 2.23. The van der Waals surface area contributed by atoms with Gasteiger partial charge in [0, 0.05) is 63.0 Å². The summed E-state index contributed by atoms with van der Waals surface area (Å²) >= 11 is 0. The van der Waals surface area contributed by atoms with Crippen LogP contribution in [0, 0.1) is 12.8 Å². The van der Waals surface area contributed by atoms with E-state index in [1.54, 1.807) is 13.0 Å². The Labute approximate surface area is 166 Å². The Morgan fingerprint density at radius 1 is 1.04 bits per heavy atom. The number of carbonyl (C=O) groups is 2. The number of likely N-dealkylation sites (tertiary alicyclic amines) is 1. The first-order chi connectivity index (χ1) is 13.5. The maximum absolute atomic E-state index is 12.6. The standard InChI is InChI=1S/C21H32N4O3/c1-3-23-10-12-24(13-11-23)20(27)5-4-17-6-8-25(9-7-17)21(28)18-14-16(2)22-19(26)15-18/h14-15,17H,3-13H2,1-2H3,(H,22,26). The maximum atomic E-state index is 12.6. The number of H-pyrrole nitrogens is 1. The minimum Gasteiger partial charge on any atom is -0.340 e. The fourth-order valence-corrected chi connectivity index (χ4v) is 4.21. The maximum Gasteiger partial charge on any atom is 0.254 e. The second kappa shape index (κ2) is 9.37. The molecule has 2 amide bonds. The van der Waals surface area contributed by atoms with Gasteiger partial charge in [0.25, 0.3) is 5.91 Å². The summed E-state index contributed by atoms with van der Waals surface area (Å²) in [7, 11) is 0. The van der Waals surface area contributed by atoms with Crippen molar-refractivity contribution in [1.29, 1.82) is 0 Å².